The molecule has 1 aromatic carbocycles. The highest BCUT2D eigenvalue weighted by Crippen LogP contribution is 2.49. The molecule has 3 N–H and O–H groups in total. The third kappa shape index (κ3) is 9.13. The zero-order chi connectivity index (χ0) is 27.5. The summed E-state index contributed by atoms with van der Waals surface area (Å²) in [4.78, 5) is 13.3. The minimum atomic E-state index is -4.16. The fourth-order valence-corrected chi connectivity index (χ4v) is 5.31. The molecule has 0 aromatic heterocycles. The van der Waals surface area contributed by atoms with Gasteiger partial charge in [-0.2, -0.15) is 13.2 Å². The maximum atomic E-state index is 13.4. The van der Waals surface area contributed by atoms with Gasteiger partial charge in [0.2, 0.25) is 0 Å². The average molecular weight is 532 g/mol. The molecule has 212 valence electrons. The van der Waals surface area contributed by atoms with Crippen LogP contribution in [-0.4, -0.2) is 62.5 Å². The molecule has 37 heavy (non-hydrogen) atoms. The normalized spacial score (nSPS) is 21.2. The number of likely N-dealkylation sites (tertiary alicyclic amines) is 1. The summed E-state index contributed by atoms with van der Waals surface area (Å²) in [6.07, 6.45) is 2.92. The van der Waals surface area contributed by atoms with Crippen LogP contribution in [0.3, 0.4) is 0 Å². The van der Waals surface area contributed by atoms with Crippen molar-refractivity contribution in [3.63, 3.8) is 0 Å². The minimum Gasteiger partial charge on any atom is -0.493 e. The molecule has 4 fully saturated rings. The van der Waals surface area contributed by atoms with Crippen molar-refractivity contribution in [2.45, 2.75) is 89.4 Å². The van der Waals surface area contributed by atoms with Crippen LogP contribution >= 0.6 is 0 Å². The first-order valence-electron chi connectivity index (χ1n) is 13.8. The quantitative estimate of drug-likeness (QED) is 0.459. The van der Waals surface area contributed by atoms with Gasteiger partial charge < -0.3 is 20.7 Å². The third-order valence-electron chi connectivity index (χ3n) is 7.42. The SMILES string of the molecule is CC.CN.FC(F)(F)CCOc1ccccc1C1CCNCC1.O=C(N1CC2(CCCC2)C1)C1(F)CC1. The summed E-state index contributed by atoms with van der Waals surface area (Å²) < 4.78 is 55.2. The Morgan fingerprint density at radius 1 is 1.05 bits per heavy atom. The number of alkyl halides is 4. The molecule has 9 heteroatoms. The topological polar surface area (TPSA) is 67.6 Å². The summed E-state index contributed by atoms with van der Waals surface area (Å²) in [6, 6.07) is 7.42. The van der Waals surface area contributed by atoms with E-state index in [1.54, 1.807) is 17.0 Å². The summed E-state index contributed by atoms with van der Waals surface area (Å²) in [5.74, 6) is 0.747. The summed E-state index contributed by atoms with van der Waals surface area (Å²) >= 11 is 0. The van der Waals surface area contributed by atoms with Gasteiger partial charge in [-0.05, 0) is 76.2 Å². The molecule has 0 bridgehead atoms. The van der Waals surface area contributed by atoms with Gasteiger partial charge in [0.25, 0.3) is 5.91 Å². The molecule has 2 aliphatic heterocycles. The van der Waals surface area contributed by atoms with Gasteiger partial charge in [0, 0.05) is 18.5 Å². The monoisotopic (exact) mass is 531 g/mol. The number of para-hydroxylation sites is 1. The summed E-state index contributed by atoms with van der Waals surface area (Å²) in [6.45, 7) is 7.24. The van der Waals surface area contributed by atoms with Crippen LogP contribution < -0.4 is 15.8 Å². The van der Waals surface area contributed by atoms with Crippen molar-refractivity contribution in [1.29, 1.82) is 0 Å². The van der Waals surface area contributed by atoms with Crippen LogP contribution in [0, 0.1) is 5.41 Å². The number of nitrogens with zero attached hydrogens (tertiary/aromatic N) is 1. The van der Waals surface area contributed by atoms with Crippen molar-refractivity contribution in [3.8, 4) is 5.75 Å². The number of nitrogens with two attached hydrogens (primary N) is 1. The Balaban J connectivity index is 0.000000236. The van der Waals surface area contributed by atoms with Gasteiger partial charge in [0.15, 0.2) is 5.67 Å². The number of amides is 1. The van der Waals surface area contributed by atoms with Gasteiger partial charge in [-0.1, -0.05) is 44.9 Å². The van der Waals surface area contributed by atoms with E-state index < -0.39 is 18.3 Å². The number of benzene rings is 1. The largest absolute Gasteiger partial charge is 0.493 e. The van der Waals surface area contributed by atoms with Crippen LogP contribution in [0.25, 0.3) is 0 Å². The second-order valence-corrected chi connectivity index (χ2v) is 10.1. The molecule has 5 rings (SSSR count). The predicted molar refractivity (Wildman–Crippen MR) is 139 cm³/mol. The number of nitrogens with one attached hydrogen (secondary N) is 1. The van der Waals surface area contributed by atoms with E-state index in [-0.39, 0.29) is 12.5 Å². The number of piperidine rings is 1. The van der Waals surface area contributed by atoms with Crippen LogP contribution in [-0.2, 0) is 4.79 Å². The van der Waals surface area contributed by atoms with Crippen LogP contribution in [0.1, 0.15) is 83.1 Å². The third-order valence-corrected chi connectivity index (χ3v) is 7.42. The molecule has 0 radical (unpaired) electrons. The van der Waals surface area contributed by atoms with Gasteiger partial charge in [0.05, 0.1) is 13.0 Å². The van der Waals surface area contributed by atoms with E-state index in [0.29, 0.717) is 29.9 Å². The Hall–Kier alpha value is -1.87. The lowest BCUT2D eigenvalue weighted by molar-refractivity contribution is -0.150. The van der Waals surface area contributed by atoms with Crippen LogP contribution in [0.4, 0.5) is 17.6 Å². The van der Waals surface area contributed by atoms with Gasteiger partial charge in [-0.25, -0.2) is 4.39 Å². The molecule has 2 saturated heterocycles. The molecule has 2 aliphatic carbocycles. The highest BCUT2D eigenvalue weighted by atomic mass is 19.4. The van der Waals surface area contributed by atoms with Crippen molar-refractivity contribution >= 4 is 5.91 Å². The first-order valence-corrected chi connectivity index (χ1v) is 13.8. The lowest BCUT2D eigenvalue weighted by Gasteiger charge is -2.48. The number of halogens is 4. The number of hydrogen-bond acceptors (Lipinski definition) is 4. The molecule has 4 aliphatic rings. The lowest BCUT2D eigenvalue weighted by atomic mass is 9.78. The Bertz CT molecular complexity index is 810. The standard InChI is InChI=1S/C14H18F3NO.C11H16FNO.C2H6.CH5N/c15-14(16,17)7-10-19-13-4-2-1-3-12(13)11-5-8-18-9-6-11;12-11(5-6-11)9(14)13-7-10(8-13)3-1-2-4-10;2*1-2/h1-4,11,18H,5-10H2;1-8H2;1-2H3;2H2,1H3. The molecule has 0 atom stereocenters. The fraction of sp³-hybridized carbons (Fsp3) is 0.750. The first-order chi connectivity index (χ1) is 17.7. The van der Waals surface area contributed by atoms with Crippen molar-refractivity contribution in [3.05, 3.63) is 29.8 Å². The number of carbonyl (C=O) groups excluding carboxylic acids is 1. The molecule has 2 heterocycles. The van der Waals surface area contributed by atoms with Gasteiger partial charge in [-0.15, -0.1) is 0 Å². The Morgan fingerprint density at radius 2 is 1.62 bits per heavy atom. The summed E-state index contributed by atoms with van der Waals surface area (Å²) in [5, 5.41) is 3.28. The zero-order valence-electron chi connectivity index (χ0n) is 22.6. The second kappa shape index (κ2) is 14.3. The van der Waals surface area contributed by atoms with Crippen LogP contribution in [0.5, 0.6) is 5.75 Å². The highest BCUT2D eigenvalue weighted by molar-refractivity contribution is 5.88. The molecular formula is C28H45F4N3O2. The molecule has 1 amide bonds. The maximum absolute atomic E-state index is 13.4. The van der Waals surface area contributed by atoms with Crippen LogP contribution in [0.15, 0.2) is 24.3 Å². The van der Waals surface area contributed by atoms with E-state index in [1.807, 2.05) is 26.0 Å². The summed E-state index contributed by atoms with van der Waals surface area (Å²) in [7, 11) is 1.50. The van der Waals surface area contributed by atoms with E-state index >= 15 is 0 Å². The number of ether oxygens (including phenoxy) is 1. The first kappa shape index (κ1) is 31.3. The Labute approximate surface area is 219 Å². The number of rotatable bonds is 5. The fourth-order valence-electron chi connectivity index (χ4n) is 5.31. The van der Waals surface area contributed by atoms with E-state index in [4.69, 9.17) is 4.74 Å². The second-order valence-electron chi connectivity index (χ2n) is 10.1. The van der Waals surface area contributed by atoms with Crippen molar-refractivity contribution in [1.82, 2.24) is 10.2 Å². The number of hydrogen-bond donors (Lipinski definition) is 2. The molecule has 1 spiro atoms. The lowest BCUT2D eigenvalue weighted by Crippen LogP contribution is -2.59. The minimum absolute atomic E-state index is 0.227. The Kier molecular flexibility index (Phi) is 12.1. The molecule has 0 unspecified atom stereocenters. The average Bonchev–Trinajstić information content (AvgIpc) is 3.45. The van der Waals surface area contributed by atoms with E-state index in [2.05, 4.69) is 11.1 Å². The smallest absolute Gasteiger partial charge is 0.392 e. The van der Waals surface area contributed by atoms with Crippen molar-refractivity contribution in [2.24, 2.45) is 11.1 Å². The molecule has 5 nitrogen and oxygen atoms in total. The maximum Gasteiger partial charge on any atom is 0.392 e. The van der Waals surface area contributed by atoms with Gasteiger partial charge in [-0.3, -0.25) is 4.79 Å². The van der Waals surface area contributed by atoms with Crippen LogP contribution in [0.2, 0.25) is 0 Å². The predicted octanol–water partition coefficient (Wildman–Crippen LogP) is 5.98. The molecule has 2 saturated carbocycles. The van der Waals surface area contributed by atoms with Gasteiger partial charge >= 0.3 is 6.18 Å². The highest BCUT2D eigenvalue weighted by Gasteiger charge is 2.57. The molecular weight excluding hydrogens is 486 g/mol. The van der Waals surface area contributed by atoms with E-state index in [0.717, 1.165) is 44.6 Å². The van der Waals surface area contributed by atoms with Crippen molar-refractivity contribution in [2.75, 3.05) is 39.8 Å². The zero-order valence-corrected chi connectivity index (χ0v) is 22.6. The van der Waals surface area contributed by atoms with E-state index in [1.165, 1.54) is 32.7 Å². The number of carbonyl (C=O) groups is 1. The van der Waals surface area contributed by atoms with E-state index in [9.17, 15) is 22.4 Å². The summed E-state index contributed by atoms with van der Waals surface area (Å²) in [5.41, 5.74) is 4.49. The molecule has 1 aromatic rings. The van der Waals surface area contributed by atoms with Crippen molar-refractivity contribution < 1.29 is 27.1 Å². The Morgan fingerprint density at radius 3 is 2.16 bits per heavy atom. The van der Waals surface area contributed by atoms with Gasteiger partial charge in [0.1, 0.15) is 5.75 Å².